The largest absolute Gasteiger partial charge is 0.486 e. The highest BCUT2D eigenvalue weighted by molar-refractivity contribution is 5.59. The van der Waals surface area contributed by atoms with Crippen LogP contribution in [0.1, 0.15) is 5.89 Å². The van der Waals surface area contributed by atoms with Crippen LogP contribution in [0.15, 0.2) is 22.6 Å². The van der Waals surface area contributed by atoms with E-state index in [1.165, 1.54) is 0 Å². The Kier molecular flexibility index (Phi) is 2.02. The van der Waals surface area contributed by atoms with E-state index < -0.39 is 0 Å². The lowest BCUT2D eigenvalue weighted by Crippen LogP contribution is -2.15. The second-order valence-corrected chi connectivity index (χ2v) is 3.48. The zero-order valence-electron chi connectivity index (χ0n) is 8.77. The summed E-state index contributed by atoms with van der Waals surface area (Å²) in [7, 11) is 0. The summed E-state index contributed by atoms with van der Waals surface area (Å²) < 4.78 is 16.2. The maximum absolute atomic E-state index is 5.48. The molecule has 5 nitrogen and oxygen atoms in total. The van der Waals surface area contributed by atoms with E-state index in [1.807, 2.05) is 18.2 Å². The topological polar surface area (TPSA) is 57.4 Å². The lowest BCUT2D eigenvalue weighted by Gasteiger charge is -2.18. The van der Waals surface area contributed by atoms with E-state index in [0.717, 1.165) is 17.1 Å². The van der Waals surface area contributed by atoms with Crippen molar-refractivity contribution in [3.63, 3.8) is 0 Å². The van der Waals surface area contributed by atoms with Crippen LogP contribution in [0.2, 0.25) is 0 Å². The fourth-order valence-electron chi connectivity index (χ4n) is 1.59. The number of ether oxygens (including phenoxy) is 2. The van der Waals surface area contributed by atoms with Crippen LogP contribution in [0, 0.1) is 6.92 Å². The number of aryl methyl sites for hydroxylation is 1. The van der Waals surface area contributed by atoms with Crippen LogP contribution >= 0.6 is 0 Å². The standard InChI is InChI=1S/C11H10N2O3/c1-7-12-13-11(16-7)8-2-3-9-10(6-8)15-5-4-14-9/h2-3,6H,4-5H2,1H3. The summed E-state index contributed by atoms with van der Waals surface area (Å²) in [6.45, 7) is 2.92. The quantitative estimate of drug-likeness (QED) is 0.730. The van der Waals surface area contributed by atoms with Gasteiger partial charge in [0.25, 0.3) is 0 Å². The van der Waals surface area contributed by atoms with Gasteiger partial charge in [0, 0.05) is 12.5 Å². The molecule has 82 valence electrons. The predicted octanol–water partition coefficient (Wildman–Crippen LogP) is 1.82. The van der Waals surface area contributed by atoms with Gasteiger partial charge >= 0.3 is 0 Å². The van der Waals surface area contributed by atoms with E-state index in [1.54, 1.807) is 6.92 Å². The van der Waals surface area contributed by atoms with Crippen LogP contribution < -0.4 is 9.47 Å². The number of aromatic nitrogens is 2. The molecule has 2 heterocycles. The lowest BCUT2D eigenvalue weighted by molar-refractivity contribution is 0.171. The van der Waals surface area contributed by atoms with Gasteiger partial charge in [-0.15, -0.1) is 10.2 Å². The average molecular weight is 218 g/mol. The van der Waals surface area contributed by atoms with Gasteiger partial charge in [-0.3, -0.25) is 0 Å². The minimum atomic E-state index is 0.495. The maximum Gasteiger partial charge on any atom is 0.247 e. The van der Waals surface area contributed by atoms with E-state index in [-0.39, 0.29) is 0 Å². The molecule has 0 atom stereocenters. The monoisotopic (exact) mass is 218 g/mol. The number of hydrogen-bond acceptors (Lipinski definition) is 5. The smallest absolute Gasteiger partial charge is 0.247 e. The molecule has 0 aliphatic carbocycles. The number of benzene rings is 1. The van der Waals surface area contributed by atoms with Crippen LogP contribution in [0.3, 0.4) is 0 Å². The Labute approximate surface area is 92.0 Å². The highest BCUT2D eigenvalue weighted by atomic mass is 16.6. The van der Waals surface area contributed by atoms with E-state index in [4.69, 9.17) is 13.9 Å². The van der Waals surface area contributed by atoms with Crippen molar-refractivity contribution in [3.05, 3.63) is 24.1 Å². The number of hydrogen-bond donors (Lipinski definition) is 0. The summed E-state index contributed by atoms with van der Waals surface area (Å²) >= 11 is 0. The summed E-state index contributed by atoms with van der Waals surface area (Å²) in [6.07, 6.45) is 0. The Bertz CT molecular complexity index is 522. The molecular formula is C11H10N2O3. The van der Waals surface area contributed by atoms with Crippen LogP contribution in [0.4, 0.5) is 0 Å². The van der Waals surface area contributed by atoms with Gasteiger partial charge in [-0.25, -0.2) is 0 Å². The molecule has 5 heteroatoms. The molecule has 0 unspecified atom stereocenters. The molecule has 0 N–H and O–H groups in total. The predicted molar refractivity (Wildman–Crippen MR) is 55.5 cm³/mol. The second kappa shape index (κ2) is 3.52. The Morgan fingerprint density at radius 3 is 2.62 bits per heavy atom. The van der Waals surface area contributed by atoms with Gasteiger partial charge in [-0.05, 0) is 18.2 Å². The van der Waals surface area contributed by atoms with Gasteiger partial charge in [-0.1, -0.05) is 0 Å². The van der Waals surface area contributed by atoms with E-state index >= 15 is 0 Å². The number of nitrogens with zero attached hydrogens (tertiary/aromatic N) is 2. The van der Waals surface area contributed by atoms with Crippen molar-refractivity contribution in [1.82, 2.24) is 10.2 Å². The molecule has 0 amide bonds. The van der Waals surface area contributed by atoms with Gasteiger partial charge in [0.05, 0.1) is 0 Å². The Morgan fingerprint density at radius 2 is 1.88 bits per heavy atom. The Hall–Kier alpha value is -2.04. The molecule has 0 fully saturated rings. The third-order valence-corrected chi connectivity index (χ3v) is 2.32. The lowest BCUT2D eigenvalue weighted by atomic mass is 10.2. The Balaban J connectivity index is 2.02. The number of fused-ring (bicyclic) bond motifs is 1. The molecule has 0 radical (unpaired) electrons. The van der Waals surface area contributed by atoms with Crippen molar-refractivity contribution in [2.24, 2.45) is 0 Å². The fourth-order valence-corrected chi connectivity index (χ4v) is 1.59. The van der Waals surface area contributed by atoms with E-state index in [9.17, 15) is 0 Å². The van der Waals surface area contributed by atoms with Crippen LogP contribution in [0.5, 0.6) is 11.5 Å². The second-order valence-electron chi connectivity index (χ2n) is 3.48. The third-order valence-electron chi connectivity index (χ3n) is 2.32. The normalized spacial score (nSPS) is 13.8. The fraction of sp³-hybridized carbons (Fsp3) is 0.273. The van der Waals surface area contributed by atoms with E-state index in [2.05, 4.69) is 10.2 Å². The van der Waals surface area contributed by atoms with Crippen LogP contribution in [-0.4, -0.2) is 23.4 Å². The molecule has 1 aromatic carbocycles. The minimum Gasteiger partial charge on any atom is -0.486 e. The summed E-state index contributed by atoms with van der Waals surface area (Å²) in [5.41, 5.74) is 0.838. The van der Waals surface area contributed by atoms with Crippen molar-refractivity contribution >= 4 is 0 Å². The molecule has 0 spiro atoms. The van der Waals surface area contributed by atoms with Crippen molar-refractivity contribution in [3.8, 4) is 23.0 Å². The van der Waals surface area contributed by atoms with Crippen molar-refractivity contribution in [2.75, 3.05) is 13.2 Å². The highest BCUT2D eigenvalue weighted by Gasteiger charge is 2.14. The minimum absolute atomic E-state index is 0.495. The van der Waals surface area contributed by atoms with Gasteiger partial charge in [-0.2, -0.15) is 0 Å². The first-order valence-corrected chi connectivity index (χ1v) is 5.03. The Morgan fingerprint density at radius 1 is 1.06 bits per heavy atom. The molecule has 0 bridgehead atoms. The summed E-state index contributed by atoms with van der Waals surface area (Å²) in [5.74, 6) is 2.52. The van der Waals surface area contributed by atoms with Crippen molar-refractivity contribution < 1.29 is 13.9 Å². The van der Waals surface area contributed by atoms with Crippen molar-refractivity contribution in [1.29, 1.82) is 0 Å². The molecule has 2 aromatic rings. The first-order chi connectivity index (χ1) is 7.83. The van der Waals surface area contributed by atoms with Gasteiger partial charge < -0.3 is 13.9 Å². The molecule has 0 saturated carbocycles. The number of rotatable bonds is 1. The van der Waals surface area contributed by atoms with Crippen molar-refractivity contribution in [2.45, 2.75) is 6.92 Å². The molecule has 1 aliphatic heterocycles. The van der Waals surface area contributed by atoms with Gasteiger partial charge in [0.15, 0.2) is 11.5 Å². The first-order valence-electron chi connectivity index (χ1n) is 5.03. The molecule has 1 aromatic heterocycles. The maximum atomic E-state index is 5.48. The van der Waals surface area contributed by atoms with Gasteiger partial charge in [0.1, 0.15) is 13.2 Å². The summed E-state index contributed by atoms with van der Waals surface area (Å²) in [6, 6.07) is 5.57. The molecule has 16 heavy (non-hydrogen) atoms. The molecule has 3 rings (SSSR count). The highest BCUT2D eigenvalue weighted by Crippen LogP contribution is 2.33. The van der Waals surface area contributed by atoms with Crippen LogP contribution in [-0.2, 0) is 0 Å². The average Bonchev–Trinajstić information content (AvgIpc) is 2.75. The molecule has 1 aliphatic rings. The first kappa shape index (κ1) is 9.21. The summed E-state index contributed by atoms with van der Waals surface area (Å²) in [4.78, 5) is 0. The zero-order valence-corrected chi connectivity index (χ0v) is 8.77. The van der Waals surface area contributed by atoms with E-state index in [0.29, 0.717) is 25.0 Å². The zero-order chi connectivity index (χ0) is 11.0. The summed E-state index contributed by atoms with van der Waals surface area (Å²) in [5, 5.41) is 7.74. The molecule has 0 saturated heterocycles. The van der Waals surface area contributed by atoms with Crippen LogP contribution in [0.25, 0.3) is 11.5 Å². The SMILES string of the molecule is Cc1nnc(-c2ccc3c(c2)OCCO3)o1. The molecular weight excluding hydrogens is 208 g/mol. The third kappa shape index (κ3) is 1.50. The van der Waals surface area contributed by atoms with Gasteiger partial charge in [0.2, 0.25) is 11.8 Å².